The van der Waals surface area contributed by atoms with E-state index in [0.29, 0.717) is 24.4 Å². The number of hydrogen-bond acceptors (Lipinski definition) is 9. The molecule has 0 spiro atoms. The van der Waals surface area contributed by atoms with Gasteiger partial charge in [0.05, 0.1) is 24.9 Å². The number of nitrogens with zero attached hydrogens (tertiary/aromatic N) is 5. The summed E-state index contributed by atoms with van der Waals surface area (Å²) in [4.78, 5) is 31.3. The second-order valence-corrected chi connectivity index (χ2v) is 8.17. The Kier molecular flexibility index (Phi) is 5.39. The molecule has 3 aliphatic rings. The molecule has 1 aromatic heterocycles. The first-order chi connectivity index (χ1) is 13.8. The fourth-order valence-corrected chi connectivity index (χ4v) is 4.31. The molecule has 4 heterocycles. The number of rotatable bonds is 7. The molecule has 0 radical (unpaired) electrons. The molecule has 1 aromatic rings. The molecule has 160 valence electrons. The second kappa shape index (κ2) is 7.83. The maximum absolute atomic E-state index is 12.4. The van der Waals surface area contributed by atoms with Crippen LogP contribution in [0.15, 0.2) is 12.4 Å². The van der Waals surface area contributed by atoms with Gasteiger partial charge in [0.1, 0.15) is 6.04 Å². The largest absolute Gasteiger partial charge is 0.418 e. The van der Waals surface area contributed by atoms with Crippen molar-refractivity contribution in [3.8, 4) is 0 Å². The van der Waals surface area contributed by atoms with E-state index in [9.17, 15) is 18.0 Å². The number of carbonyl (C=O) groups excluding carboxylic acids is 2. The van der Waals surface area contributed by atoms with Crippen molar-refractivity contribution < 1.29 is 31.7 Å². The predicted octanol–water partition coefficient (Wildman–Crippen LogP) is -1.77. The minimum absolute atomic E-state index is 0.0207. The van der Waals surface area contributed by atoms with Crippen molar-refractivity contribution in [2.45, 2.75) is 43.4 Å². The topological polar surface area (TPSA) is 168 Å². The molecule has 29 heavy (non-hydrogen) atoms. The van der Waals surface area contributed by atoms with Gasteiger partial charge in [-0.25, -0.2) is 15.0 Å². The molecule has 0 aromatic carbocycles. The maximum Gasteiger partial charge on any atom is 0.418 e. The molecule has 3 amide bonds. The first-order valence-corrected chi connectivity index (χ1v) is 10.5. The average Bonchev–Trinajstić information content (AvgIpc) is 3.39. The summed E-state index contributed by atoms with van der Waals surface area (Å²) in [6.45, 7) is 1.07. The Labute approximate surface area is 166 Å². The fraction of sp³-hybridized carbons (Fsp3) is 0.714. The van der Waals surface area contributed by atoms with Crippen molar-refractivity contribution in [2.24, 2.45) is 0 Å². The number of hydroxylamine groups is 3. The number of urea groups is 1. The summed E-state index contributed by atoms with van der Waals surface area (Å²) in [5, 5.41) is 11.6. The van der Waals surface area contributed by atoms with Crippen LogP contribution in [0.3, 0.4) is 0 Å². The molecular weight excluding hydrogens is 410 g/mol. The third-order valence-corrected chi connectivity index (χ3v) is 5.62. The molecule has 2 bridgehead atoms. The van der Waals surface area contributed by atoms with Crippen LogP contribution in [-0.4, -0.2) is 87.7 Å². The van der Waals surface area contributed by atoms with Crippen LogP contribution in [0.4, 0.5) is 4.79 Å². The third-order valence-electron chi connectivity index (χ3n) is 5.27. The molecule has 14 nitrogen and oxygen atoms in total. The lowest BCUT2D eigenvalue weighted by Gasteiger charge is -2.29. The van der Waals surface area contributed by atoms with Gasteiger partial charge in [0.15, 0.2) is 0 Å². The summed E-state index contributed by atoms with van der Waals surface area (Å²) >= 11 is 0. The fourth-order valence-electron chi connectivity index (χ4n) is 3.92. The van der Waals surface area contributed by atoms with Crippen LogP contribution in [0.1, 0.15) is 25.3 Å². The molecule has 3 saturated heterocycles. The molecule has 4 atom stereocenters. The Morgan fingerprint density at radius 1 is 1.38 bits per heavy atom. The number of amides is 3. The number of piperidine rings is 1. The second-order valence-electron chi connectivity index (χ2n) is 7.17. The van der Waals surface area contributed by atoms with Gasteiger partial charge in [0.25, 0.3) is 5.91 Å². The monoisotopic (exact) mass is 431 g/mol. The SMILES string of the molecule is O=C(NOC[C@@H]1C[C@H](n2ccnn2)CN1)C1CCC2CN1C(=O)N2OS(=O)(=O)O. The number of hydrogen-bond donors (Lipinski definition) is 3. The van der Waals surface area contributed by atoms with Crippen LogP contribution in [0.2, 0.25) is 0 Å². The maximum atomic E-state index is 12.4. The minimum atomic E-state index is -4.83. The van der Waals surface area contributed by atoms with Crippen LogP contribution in [0, 0.1) is 0 Å². The van der Waals surface area contributed by atoms with E-state index in [-0.39, 0.29) is 25.2 Å². The van der Waals surface area contributed by atoms with Gasteiger partial charge >= 0.3 is 16.4 Å². The Hall–Kier alpha value is -2.33. The molecule has 4 rings (SSSR count). The summed E-state index contributed by atoms with van der Waals surface area (Å²) in [6, 6.07) is -1.97. The molecule has 2 unspecified atom stereocenters. The standard InChI is InChI=1S/C14H21N7O7S/c22-13(17-27-8-9-5-11(6-15-9)20-4-3-16-18-20)12-2-1-10-7-19(12)14(23)21(10)28-29(24,25)26/h3-4,9-12,15H,1-2,5-8H2,(H,17,22)(H,24,25,26)/t9-,10?,11-,12?/m0/s1. The Morgan fingerprint density at radius 3 is 2.93 bits per heavy atom. The first-order valence-electron chi connectivity index (χ1n) is 9.09. The Balaban J connectivity index is 1.25. The zero-order valence-electron chi connectivity index (χ0n) is 15.2. The number of nitrogens with one attached hydrogen (secondary N) is 2. The Bertz CT molecular complexity index is 864. The summed E-state index contributed by atoms with van der Waals surface area (Å²) in [5.74, 6) is -0.503. The third kappa shape index (κ3) is 4.32. The van der Waals surface area contributed by atoms with Gasteiger partial charge < -0.3 is 10.2 Å². The highest BCUT2D eigenvalue weighted by atomic mass is 32.3. The smallest absolute Gasteiger partial charge is 0.309 e. The van der Waals surface area contributed by atoms with Gasteiger partial charge in [0, 0.05) is 25.3 Å². The van der Waals surface area contributed by atoms with Gasteiger partial charge in [-0.05, 0) is 19.3 Å². The highest BCUT2D eigenvalue weighted by molar-refractivity contribution is 7.80. The molecule has 3 aliphatic heterocycles. The van der Waals surface area contributed by atoms with E-state index in [4.69, 9.17) is 9.39 Å². The molecule has 15 heteroatoms. The van der Waals surface area contributed by atoms with Crippen LogP contribution in [0.5, 0.6) is 0 Å². The van der Waals surface area contributed by atoms with Gasteiger partial charge in [-0.3, -0.25) is 14.2 Å². The van der Waals surface area contributed by atoms with Crippen molar-refractivity contribution in [1.29, 1.82) is 0 Å². The molecule has 3 fully saturated rings. The normalized spacial score (nSPS) is 29.5. The van der Waals surface area contributed by atoms with E-state index in [2.05, 4.69) is 25.4 Å². The molecule has 3 N–H and O–H groups in total. The van der Waals surface area contributed by atoms with Crippen molar-refractivity contribution in [3.63, 3.8) is 0 Å². The van der Waals surface area contributed by atoms with Crippen LogP contribution in [0.25, 0.3) is 0 Å². The lowest BCUT2D eigenvalue weighted by molar-refractivity contribution is -0.139. The van der Waals surface area contributed by atoms with Gasteiger partial charge in [-0.15, -0.1) is 9.38 Å². The summed E-state index contributed by atoms with van der Waals surface area (Å²) < 4.78 is 36.7. The van der Waals surface area contributed by atoms with Crippen LogP contribution in [-0.2, 0) is 24.3 Å². The zero-order chi connectivity index (χ0) is 20.6. The van der Waals surface area contributed by atoms with Gasteiger partial charge in [0.2, 0.25) is 0 Å². The summed E-state index contributed by atoms with van der Waals surface area (Å²) in [7, 11) is -4.83. The summed E-state index contributed by atoms with van der Waals surface area (Å²) in [6.07, 6.45) is 4.82. The average molecular weight is 431 g/mol. The number of aromatic nitrogens is 3. The predicted molar refractivity (Wildman–Crippen MR) is 92.9 cm³/mol. The minimum Gasteiger partial charge on any atom is -0.309 e. The number of carbonyl (C=O) groups is 2. The van der Waals surface area contributed by atoms with Crippen LogP contribution < -0.4 is 10.8 Å². The van der Waals surface area contributed by atoms with E-state index in [1.807, 2.05) is 0 Å². The van der Waals surface area contributed by atoms with Crippen LogP contribution >= 0.6 is 0 Å². The Morgan fingerprint density at radius 2 is 2.21 bits per heavy atom. The highest BCUT2D eigenvalue weighted by Gasteiger charge is 2.49. The lowest BCUT2D eigenvalue weighted by Crippen LogP contribution is -2.50. The van der Waals surface area contributed by atoms with E-state index in [1.54, 1.807) is 17.1 Å². The zero-order valence-corrected chi connectivity index (χ0v) is 16.1. The van der Waals surface area contributed by atoms with E-state index in [0.717, 1.165) is 6.42 Å². The molecule has 0 saturated carbocycles. The quantitative estimate of drug-likeness (QED) is 0.332. The first kappa shape index (κ1) is 20.0. The van der Waals surface area contributed by atoms with Crippen molar-refractivity contribution in [1.82, 2.24) is 35.8 Å². The van der Waals surface area contributed by atoms with E-state index in [1.165, 1.54) is 4.90 Å². The summed E-state index contributed by atoms with van der Waals surface area (Å²) in [5.41, 5.74) is 2.36. The van der Waals surface area contributed by atoms with E-state index >= 15 is 0 Å². The molecular formula is C14H21N7O7S. The van der Waals surface area contributed by atoms with Crippen molar-refractivity contribution >= 4 is 22.3 Å². The van der Waals surface area contributed by atoms with Crippen molar-refractivity contribution in [2.75, 3.05) is 19.7 Å². The highest BCUT2D eigenvalue weighted by Crippen LogP contribution is 2.30. The van der Waals surface area contributed by atoms with Gasteiger partial charge in [-0.2, -0.15) is 13.5 Å². The lowest BCUT2D eigenvalue weighted by atomic mass is 10.0. The molecule has 0 aliphatic carbocycles. The number of fused-ring (bicyclic) bond motifs is 2. The van der Waals surface area contributed by atoms with Crippen molar-refractivity contribution in [3.05, 3.63) is 12.4 Å². The van der Waals surface area contributed by atoms with Gasteiger partial charge in [-0.1, -0.05) is 5.21 Å². The van der Waals surface area contributed by atoms with E-state index < -0.39 is 34.4 Å².